The van der Waals surface area contributed by atoms with Crippen LogP contribution in [0.1, 0.15) is 5.56 Å². The average molecular weight is 359 g/mol. The number of carbonyl (C=O) groups is 2. The van der Waals surface area contributed by atoms with Crippen LogP contribution in [-0.2, 0) is 16.1 Å². The van der Waals surface area contributed by atoms with E-state index >= 15 is 0 Å². The van der Waals surface area contributed by atoms with Crippen molar-refractivity contribution in [1.82, 2.24) is 9.80 Å². The van der Waals surface area contributed by atoms with Gasteiger partial charge in [0.15, 0.2) is 11.6 Å². The number of carbonyl (C=O) groups excluding carboxylic acids is 2. The van der Waals surface area contributed by atoms with E-state index in [1.54, 1.807) is 0 Å². The largest absolute Gasteiger partial charge is 0.332 e. The van der Waals surface area contributed by atoms with Gasteiger partial charge in [0.1, 0.15) is 0 Å². The number of hydrogen-bond donors (Lipinski definition) is 1. The van der Waals surface area contributed by atoms with Crippen molar-refractivity contribution in [1.29, 1.82) is 0 Å². The molecule has 0 atom stereocenters. The van der Waals surface area contributed by atoms with E-state index in [4.69, 9.17) is 0 Å². The number of halogens is 2. The minimum absolute atomic E-state index is 0.0463. The first-order chi connectivity index (χ1) is 12.5. The fraction of sp³-hybridized carbons (Fsp3) is 0.263. The van der Waals surface area contributed by atoms with E-state index in [1.165, 1.54) is 16.5 Å². The van der Waals surface area contributed by atoms with Crippen LogP contribution in [0.5, 0.6) is 0 Å². The van der Waals surface area contributed by atoms with Crippen LogP contribution in [0, 0.1) is 11.6 Å². The van der Waals surface area contributed by atoms with E-state index in [0.29, 0.717) is 26.2 Å². The molecule has 7 heteroatoms. The molecule has 0 unspecified atom stereocenters. The molecule has 5 nitrogen and oxygen atoms in total. The quantitative estimate of drug-likeness (QED) is 0.856. The van der Waals surface area contributed by atoms with Gasteiger partial charge in [-0.05, 0) is 17.7 Å². The smallest absolute Gasteiger partial charge is 0.313 e. The number of amides is 2. The zero-order valence-electron chi connectivity index (χ0n) is 14.1. The summed E-state index contributed by atoms with van der Waals surface area (Å²) < 4.78 is 26.1. The lowest BCUT2D eigenvalue weighted by atomic mass is 10.2. The van der Waals surface area contributed by atoms with E-state index in [0.717, 1.165) is 18.7 Å². The first kappa shape index (κ1) is 18.0. The maximum absolute atomic E-state index is 13.2. The molecule has 1 saturated heterocycles. The van der Waals surface area contributed by atoms with Gasteiger partial charge in [0.25, 0.3) is 0 Å². The molecule has 0 saturated carbocycles. The van der Waals surface area contributed by atoms with Gasteiger partial charge in [0, 0.05) is 44.5 Å². The third-order valence-electron chi connectivity index (χ3n) is 4.28. The number of nitrogens with zero attached hydrogens (tertiary/aromatic N) is 2. The molecule has 1 heterocycles. The first-order valence-electron chi connectivity index (χ1n) is 8.34. The van der Waals surface area contributed by atoms with Gasteiger partial charge in [-0.25, -0.2) is 8.78 Å². The van der Waals surface area contributed by atoms with E-state index in [9.17, 15) is 18.4 Å². The second-order valence-corrected chi connectivity index (χ2v) is 6.14. The summed E-state index contributed by atoms with van der Waals surface area (Å²) in [6.07, 6.45) is 0. The standard InChI is InChI=1S/C19H19F2N3O2/c20-16-7-6-15(12-17(16)21)22-18(25)19(26)24-10-8-23(9-11-24)13-14-4-2-1-3-5-14/h1-7,12H,8-11,13H2,(H,22,25). The number of benzene rings is 2. The van der Waals surface area contributed by atoms with Crippen molar-refractivity contribution in [2.75, 3.05) is 31.5 Å². The fourth-order valence-electron chi connectivity index (χ4n) is 2.85. The zero-order valence-corrected chi connectivity index (χ0v) is 14.1. The molecule has 0 aromatic heterocycles. The topological polar surface area (TPSA) is 52.7 Å². The van der Waals surface area contributed by atoms with Crippen LogP contribution in [0.25, 0.3) is 0 Å². The number of nitrogens with one attached hydrogen (secondary N) is 1. The Morgan fingerprint density at radius 1 is 0.923 bits per heavy atom. The van der Waals surface area contributed by atoms with Crippen molar-refractivity contribution in [2.45, 2.75) is 6.54 Å². The van der Waals surface area contributed by atoms with Crippen LogP contribution in [0.4, 0.5) is 14.5 Å². The molecule has 2 aromatic rings. The lowest BCUT2D eigenvalue weighted by Gasteiger charge is -2.34. The van der Waals surface area contributed by atoms with Crippen molar-refractivity contribution >= 4 is 17.5 Å². The molecule has 0 spiro atoms. The van der Waals surface area contributed by atoms with Crippen LogP contribution in [-0.4, -0.2) is 47.8 Å². The maximum atomic E-state index is 13.2. The van der Waals surface area contributed by atoms with Gasteiger partial charge in [-0.15, -0.1) is 0 Å². The third-order valence-corrected chi connectivity index (χ3v) is 4.28. The summed E-state index contributed by atoms with van der Waals surface area (Å²) in [5, 5.41) is 2.31. The zero-order chi connectivity index (χ0) is 18.5. The van der Waals surface area contributed by atoms with Gasteiger partial charge in [-0.1, -0.05) is 30.3 Å². The second kappa shape index (κ2) is 8.05. The predicted octanol–water partition coefficient (Wildman–Crippen LogP) is 2.25. The van der Waals surface area contributed by atoms with Crippen LogP contribution in [0.2, 0.25) is 0 Å². The summed E-state index contributed by atoms with van der Waals surface area (Å²) in [5.74, 6) is -3.62. The third kappa shape index (κ3) is 4.43. The number of hydrogen-bond acceptors (Lipinski definition) is 3. The van der Waals surface area contributed by atoms with Crippen molar-refractivity contribution < 1.29 is 18.4 Å². The van der Waals surface area contributed by atoms with Gasteiger partial charge in [-0.2, -0.15) is 0 Å². The lowest BCUT2D eigenvalue weighted by molar-refractivity contribution is -0.144. The van der Waals surface area contributed by atoms with E-state index in [1.807, 2.05) is 30.3 Å². The molecule has 2 aromatic carbocycles. The summed E-state index contributed by atoms with van der Waals surface area (Å²) in [7, 11) is 0. The Balaban J connectivity index is 1.51. The van der Waals surface area contributed by atoms with Gasteiger partial charge in [-0.3, -0.25) is 14.5 Å². The summed E-state index contributed by atoms with van der Waals surface area (Å²) in [6, 6.07) is 13.0. The molecule has 1 fully saturated rings. The van der Waals surface area contributed by atoms with Gasteiger partial charge in [0.05, 0.1) is 0 Å². The molecule has 1 aliphatic heterocycles. The van der Waals surface area contributed by atoms with Gasteiger partial charge >= 0.3 is 11.8 Å². The number of rotatable bonds is 3. The molecule has 136 valence electrons. The Bertz CT molecular complexity index is 791. The Labute approximate surface area is 150 Å². The molecule has 0 aliphatic carbocycles. The molecule has 3 rings (SSSR count). The van der Waals surface area contributed by atoms with E-state index in [-0.39, 0.29) is 5.69 Å². The Hall–Kier alpha value is -2.80. The van der Waals surface area contributed by atoms with Crippen LogP contribution in [0.3, 0.4) is 0 Å². The fourth-order valence-corrected chi connectivity index (χ4v) is 2.85. The monoisotopic (exact) mass is 359 g/mol. The molecule has 0 radical (unpaired) electrons. The van der Waals surface area contributed by atoms with E-state index in [2.05, 4.69) is 10.2 Å². The van der Waals surface area contributed by atoms with E-state index < -0.39 is 23.4 Å². The SMILES string of the molecule is O=C(Nc1ccc(F)c(F)c1)C(=O)N1CCN(Cc2ccccc2)CC1. The molecule has 1 N–H and O–H groups in total. The average Bonchev–Trinajstić information content (AvgIpc) is 2.65. The predicted molar refractivity (Wildman–Crippen MR) is 93.3 cm³/mol. The van der Waals surface area contributed by atoms with Crippen molar-refractivity contribution in [3.8, 4) is 0 Å². The molecule has 2 amide bonds. The molecule has 0 bridgehead atoms. The highest BCUT2D eigenvalue weighted by atomic mass is 19.2. The summed E-state index contributed by atoms with van der Waals surface area (Å²) in [6.45, 7) is 3.01. The van der Waals surface area contributed by atoms with Crippen molar-refractivity contribution in [3.63, 3.8) is 0 Å². The summed E-state index contributed by atoms with van der Waals surface area (Å²) in [5.41, 5.74) is 1.24. The van der Waals surface area contributed by atoms with Gasteiger partial charge in [0.2, 0.25) is 0 Å². The van der Waals surface area contributed by atoms with Crippen LogP contribution >= 0.6 is 0 Å². The Morgan fingerprint density at radius 3 is 2.27 bits per heavy atom. The van der Waals surface area contributed by atoms with Crippen LogP contribution < -0.4 is 5.32 Å². The second-order valence-electron chi connectivity index (χ2n) is 6.14. The molecular formula is C19H19F2N3O2. The highest BCUT2D eigenvalue weighted by molar-refractivity contribution is 6.39. The molecule has 1 aliphatic rings. The van der Waals surface area contributed by atoms with Crippen molar-refractivity contribution in [3.05, 3.63) is 65.7 Å². The minimum atomic E-state index is -1.08. The van der Waals surface area contributed by atoms with Gasteiger partial charge < -0.3 is 10.2 Å². The molecule has 26 heavy (non-hydrogen) atoms. The highest BCUT2D eigenvalue weighted by Crippen LogP contribution is 2.14. The Morgan fingerprint density at radius 2 is 1.62 bits per heavy atom. The Kier molecular flexibility index (Phi) is 5.58. The number of piperazine rings is 1. The first-order valence-corrected chi connectivity index (χ1v) is 8.34. The summed E-state index contributed by atoms with van der Waals surface area (Å²) in [4.78, 5) is 28.0. The highest BCUT2D eigenvalue weighted by Gasteiger charge is 2.26. The molecular weight excluding hydrogens is 340 g/mol. The lowest BCUT2D eigenvalue weighted by Crippen LogP contribution is -2.51. The van der Waals surface area contributed by atoms with Crippen LogP contribution in [0.15, 0.2) is 48.5 Å². The van der Waals surface area contributed by atoms with Crippen molar-refractivity contribution in [2.24, 2.45) is 0 Å². The maximum Gasteiger partial charge on any atom is 0.313 e. The number of anilines is 1. The normalized spacial score (nSPS) is 14.9. The summed E-state index contributed by atoms with van der Waals surface area (Å²) >= 11 is 0. The minimum Gasteiger partial charge on any atom is -0.332 e.